The van der Waals surface area contributed by atoms with Crippen LogP contribution >= 0.6 is 0 Å². The Morgan fingerprint density at radius 1 is 1.18 bits per heavy atom. The number of aliphatic hydroxyl groups excluding tert-OH is 1. The predicted octanol–water partition coefficient (Wildman–Crippen LogP) is 5.27. The molecule has 0 saturated heterocycles. The van der Waals surface area contributed by atoms with Gasteiger partial charge in [-0.15, -0.1) is 6.58 Å². The summed E-state index contributed by atoms with van der Waals surface area (Å²) in [6.07, 6.45) is 5.34. The lowest BCUT2D eigenvalue weighted by molar-refractivity contribution is 0.0975. The second-order valence-corrected chi connectivity index (χ2v) is 8.58. The first-order chi connectivity index (χ1) is 16.1. The van der Waals surface area contributed by atoms with Gasteiger partial charge in [-0.3, -0.25) is 4.90 Å². The summed E-state index contributed by atoms with van der Waals surface area (Å²) in [5.41, 5.74) is 2.89. The van der Waals surface area contributed by atoms with Crippen LogP contribution in [0.1, 0.15) is 36.9 Å². The molecule has 1 aliphatic carbocycles. The third kappa shape index (κ3) is 5.83. The number of rotatable bonds is 12. The molecule has 1 fully saturated rings. The van der Waals surface area contributed by atoms with Crippen LogP contribution in [0.4, 0.5) is 0 Å². The van der Waals surface area contributed by atoms with Gasteiger partial charge in [0.15, 0.2) is 0 Å². The van der Waals surface area contributed by atoms with Gasteiger partial charge in [-0.2, -0.15) is 5.10 Å². The van der Waals surface area contributed by atoms with E-state index in [-0.39, 0.29) is 6.10 Å². The fourth-order valence-electron chi connectivity index (χ4n) is 4.00. The van der Waals surface area contributed by atoms with Gasteiger partial charge >= 0.3 is 0 Å². The molecule has 1 atom stereocenters. The van der Waals surface area contributed by atoms with Crippen molar-refractivity contribution in [2.45, 2.75) is 51.3 Å². The van der Waals surface area contributed by atoms with Gasteiger partial charge in [-0.05, 0) is 56.9 Å². The zero-order valence-electron chi connectivity index (χ0n) is 19.5. The van der Waals surface area contributed by atoms with E-state index in [9.17, 15) is 5.11 Å². The molecular weight excluding hydrogens is 414 g/mol. The van der Waals surface area contributed by atoms with Crippen molar-refractivity contribution in [3.05, 3.63) is 78.5 Å². The van der Waals surface area contributed by atoms with Crippen LogP contribution in [-0.4, -0.2) is 45.6 Å². The monoisotopic (exact) mass is 447 g/mol. The fourth-order valence-corrected chi connectivity index (χ4v) is 4.00. The van der Waals surface area contributed by atoms with E-state index >= 15 is 0 Å². The number of aromatic nitrogens is 2. The lowest BCUT2D eigenvalue weighted by atomic mass is 10.1. The highest BCUT2D eigenvalue weighted by Gasteiger charge is 2.32. The van der Waals surface area contributed by atoms with Gasteiger partial charge in [0.2, 0.25) is 5.88 Å². The minimum atomic E-state index is -0.379. The van der Waals surface area contributed by atoms with Gasteiger partial charge in [-0.25, -0.2) is 4.68 Å². The van der Waals surface area contributed by atoms with Gasteiger partial charge in [-0.1, -0.05) is 30.3 Å². The molecular formula is C27H33N3O3. The Hall–Kier alpha value is -3.09. The topological polar surface area (TPSA) is 59.8 Å². The van der Waals surface area contributed by atoms with E-state index in [2.05, 4.69) is 11.5 Å². The highest BCUT2D eigenvalue weighted by molar-refractivity contribution is 5.44. The lowest BCUT2D eigenvalue weighted by Crippen LogP contribution is -2.34. The first-order valence-corrected chi connectivity index (χ1v) is 11.6. The normalized spacial score (nSPS) is 14.3. The van der Waals surface area contributed by atoms with E-state index < -0.39 is 0 Å². The number of nitrogens with zero attached hydrogens (tertiary/aromatic N) is 3. The van der Waals surface area contributed by atoms with Crippen molar-refractivity contribution < 1.29 is 14.6 Å². The van der Waals surface area contributed by atoms with Crippen molar-refractivity contribution in [1.29, 1.82) is 0 Å². The molecule has 0 radical (unpaired) electrons. The maximum absolute atomic E-state index is 10.6. The summed E-state index contributed by atoms with van der Waals surface area (Å²) < 4.78 is 13.7. The molecule has 1 heterocycles. The summed E-state index contributed by atoms with van der Waals surface area (Å²) in [5, 5.41) is 15.4. The summed E-state index contributed by atoms with van der Waals surface area (Å²) in [5.74, 6) is 2.12. The van der Waals surface area contributed by atoms with Crippen LogP contribution in [0.5, 0.6) is 17.4 Å². The number of hydrogen-bond donors (Lipinski definition) is 1. The number of aliphatic hydroxyl groups is 1. The summed E-state index contributed by atoms with van der Waals surface area (Å²) in [4.78, 5) is 2.37. The zero-order chi connectivity index (χ0) is 23.2. The molecule has 1 aliphatic rings. The summed E-state index contributed by atoms with van der Waals surface area (Å²) in [7, 11) is 1.65. The molecule has 3 aromatic rings. The van der Waals surface area contributed by atoms with E-state index in [4.69, 9.17) is 14.6 Å². The zero-order valence-corrected chi connectivity index (χ0v) is 19.5. The molecule has 33 heavy (non-hydrogen) atoms. The molecule has 174 valence electrons. The van der Waals surface area contributed by atoms with E-state index in [0.717, 1.165) is 48.4 Å². The molecule has 1 N–H and O–H groups in total. The van der Waals surface area contributed by atoms with Crippen molar-refractivity contribution in [3.8, 4) is 23.1 Å². The Morgan fingerprint density at radius 2 is 1.94 bits per heavy atom. The number of hydrogen-bond acceptors (Lipinski definition) is 5. The van der Waals surface area contributed by atoms with Crippen molar-refractivity contribution in [2.75, 3.05) is 13.7 Å². The molecule has 0 spiro atoms. The Kier molecular flexibility index (Phi) is 7.47. The first-order valence-electron chi connectivity index (χ1n) is 11.6. The highest BCUT2D eigenvalue weighted by atomic mass is 16.5. The largest absolute Gasteiger partial charge is 0.497 e. The summed E-state index contributed by atoms with van der Waals surface area (Å²) >= 11 is 0. The SMILES string of the molecule is C=CCCC(O)CN(Cc1c(C)nn(-c2ccccc2)c1Oc1cccc(OC)c1)C1CC1. The molecule has 0 amide bonds. The molecule has 1 aromatic heterocycles. The second-order valence-electron chi connectivity index (χ2n) is 8.58. The maximum Gasteiger partial charge on any atom is 0.227 e. The van der Waals surface area contributed by atoms with Crippen LogP contribution in [0.2, 0.25) is 0 Å². The highest BCUT2D eigenvalue weighted by Crippen LogP contribution is 2.35. The Morgan fingerprint density at radius 3 is 2.64 bits per heavy atom. The average Bonchev–Trinajstić information content (AvgIpc) is 3.64. The molecule has 6 nitrogen and oxygen atoms in total. The van der Waals surface area contributed by atoms with Crippen molar-refractivity contribution in [1.82, 2.24) is 14.7 Å². The Bertz CT molecular complexity index is 1060. The number of benzene rings is 2. The summed E-state index contributed by atoms with van der Waals surface area (Å²) in [6, 6.07) is 18.1. The predicted molar refractivity (Wildman–Crippen MR) is 130 cm³/mol. The average molecular weight is 448 g/mol. The maximum atomic E-state index is 10.6. The minimum Gasteiger partial charge on any atom is -0.497 e. The number of methoxy groups -OCH3 is 1. The Labute approximate surface area is 196 Å². The van der Waals surface area contributed by atoms with Crippen LogP contribution in [0.25, 0.3) is 5.69 Å². The van der Waals surface area contributed by atoms with Gasteiger partial charge in [0, 0.05) is 25.2 Å². The third-order valence-electron chi connectivity index (χ3n) is 5.97. The van der Waals surface area contributed by atoms with E-state index in [1.54, 1.807) is 7.11 Å². The lowest BCUT2D eigenvalue weighted by Gasteiger charge is -2.25. The van der Waals surface area contributed by atoms with Crippen LogP contribution < -0.4 is 9.47 Å². The molecule has 6 heteroatoms. The second kappa shape index (κ2) is 10.7. The van der Waals surface area contributed by atoms with Crippen molar-refractivity contribution >= 4 is 0 Å². The molecule has 4 rings (SSSR count). The van der Waals surface area contributed by atoms with Crippen LogP contribution in [0, 0.1) is 6.92 Å². The molecule has 1 saturated carbocycles. The minimum absolute atomic E-state index is 0.379. The van der Waals surface area contributed by atoms with Crippen molar-refractivity contribution in [2.24, 2.45) is 0 Å². The van der Waals surface area contributed by atoms with Crippen LogP contribution in [-0.2, 0) is 6.54 Å². The van der Waals surface area contributed by atoms with Crippen LogP contribution in [0.3, 0.4) is 0 Å². The van der Waals surface area contributed by atoms with E-state index in [1.165, 1.54) is 0 Å². The summed E-state index contributed by atoms with van der Waals surface area (Å²) in [6.45, 7) is 7.10. The number of allylic oxidation sites excluding steroid dienone is 1. The van der Waals surface area contributed by atoms with E-state index in [0.29, 0.717) is 30.8 Å². The molecule has 2 aromatic carbocycles. The molecule has 0 bridgehead atoms. The fraction of sp³-hybridized carbons (Fsp3) is 0.370. The van der Waals surface area contributed by atoms with Gasteiger partial charge in [0.05, 0.1) is 30.2 Å². The Balaban J connectivity index is 1.67. The standard InChI is InChI=1S/C27H33N3O3/c1-4-5-12-23(31)18-29(21-15-16-21)19-26-20(2)28-30(22-10-7-6-8-11-22)27(26)33-25-14-9-13-24(17-25)32-3/h4,6-11,13-14,17,21,23,31H,1,5,12,15-16,18-19H2,2-3H3. The smallest absolute Gasteiger partial charge is 0.227 e. The number of ether oxygens (including phenoxy) is 2. The quantitative estimate of drug-likeness (QED) is 0.383. The molecule has 1 unspecified atom stereocenters. The number of para-hydroxylation sites is 1. The van der Waals surface area contributed by atoms with Gasteiger partial charge < -0.3 is 14.6 Å². The first kappa shape index (κ1) is 23.1. The van der Waals surface area contributed by atoms with Crippen LogP contribution in [0.15, 0.2) is 67.3 Å². The van der Waals surface area contributed by atoms with E-state index in [1.807, 2.05) is 72.3 Å². The number of aryl methyl sites for hydroxylation is 1. The molecule has 0 aliphatic heterocycles. The van der Waals surface area contributed by atoms with Gasteiger partial charge in [0.25, 0.3) is 0 Å². The third-order valence-corrected chi connectivity index (χ3v) is 5.97. The van der Waals surface area contributed by atoms with Crippen molar-refractivity contribution in [3.63, 3.8) is 0 Å². The van der Waals surface area contributed by atoms with Gasteiger partial charge in [0.1, 0.15) is 11.5 Å².